The highest BCUT2D eigenvalue weighted by Gasteiger charge is 2.40. The molecule has 0 bridgehead atoms. The van der Waals surface area contributed by atoms with Gasteiger partial charge in [-0.05, 0) is 30.5 Å². The molecule has 14 nitrogen and oxygen atoms in total. The summed E-state index contributed by atoms with van der Waals surface area (Å²) >= 11 is 8.54. The third kappa shape index (κ3) is 7.49. The van der Waals surface area contributed by atoms with Gasteiger partial charge in [0.2, 0.25) is 0 Å². The van der Waals surface area contributed by atoms with Crippen LogP contribution in [0.5, 0.6) is 0 Å². The summed E-state index contributed by atoms with van der Waals surface area (Å²) in [5, 5.41) is 10.1. The molecule has 0 saturated carbocycles. The molecule has 1 aromatic rings. The van der Waals surface area contributed by atoms with Gasteiger partial charge in [0.1, 0.15) is 12.3 Å². The lowest BCUT2D eigenvalue weighted by atomic mass is 10.2. The van der Waals surface area contributed by atoms with Crippen molar-refractivity contribution < 1.29 is 47.1 Å². The molecule has 2 unspecified atom stereocenters. The average molecular weight is 514 g/mol. The van der Waals surface area contributed by atoms with Crippen LogP contribution in [0.4, 0.5) is 0 Å². The monoisotopic (exact) mass is 514 g/mol. The Morgan fingerprint density at radius 3 is 2.48 bits per heavy atom. The summed E-state index contributed by atoms with van der Waals surface area (Å²) in [4.78, 5) is 62.4. The molecular formula is C10H17N2O12P3S2. The first-order valence-electron chi connectivity index (χ1n) is 7.52. The highest BCUT2D eigenvalue weighted by atomic mass is 32.5. The van der Waals surface area contributed by atoms with E-state index in [0.29, 0.717) is 0 Å². The van der Waals surface area contributed by atoms with E-state index in [-0.39, 0.29) is 12.0 Å². The van der Waals surface area contributed by atoms with Gasteiger partial charge in [0.05, 0.1) is 12.7 Å². The largest absolute Gasteiger partial charge is 0.486 e. The fraction of sp³-hybridized carbons (Fsp3) is 0.600. The Balaban J connectivity index is 2.03. The number of hydrogen-bond acceptors (Lipinski definition) is 10. The SMILES string of the molecule is Cc1cn([C@H]2C[C@H](O)[C@@H](COP(O)(=S)OP(=O)(O)OP(O)(O)=S)O2)c(=O)[nH]c1=O. The van der Waals surface area contributed by atoms with Gasteiger partial charge in [0.15, 0.2) is 0 Å². The van der Waals surface area contributed by atoms with Crippen LogP contribution < -0.4 is 11.2 Å². The minimum absolute atomic E-state index is 0.0752. The summed E-state index contributed by atoms with van der Waals surface area (Å²) in [6.07, 6.45) is -2.12. The molecule has 1 aromatic heterocycles. The Labute approximate surface area is 172 Å². The van der Waals surface area contributed by atoms with E-state index >= 15 is 0 Å². The summed E-state index contributed by atoms with van der Waals surface area (Å²) in [5.41, 5.74) is -1.11. The molecule has 6 N–H and O–H groups in total. The number of hydrogen-bond donors (Lipinski definition) is 6. The van der Waals surface area contributed by atoms with Gasteiger partial charge in [0.25, 0.3) is 5.56 Å². The maximum absolute atomic E-state index is 11.9. The minimum Gasteiger partial charge on any atom is -0.390 e. The molecule has 0 aliphatic carbocycles. The lowest BCUT2D eigenvalue weighted by molar-refractivity contribution is -0.0427. The van der Waals surface area contributed by atoms with Crippen LogP contribution >= 0.6 is 21.3 Å². The van der Waals surface area contributed by atoms with Gasteiger partial charge in [-0.25, -0.2) is 18.0 Å². The number of aromatic nitrogens is 2. The van der Waals surface area contributed by atoms with Crippen molar-refractivity contribution >= 4 is 44.9 Å². The van der Waals surface area contributed by atoms with Crippen LogP contribution in [0.2, 0.25) is 0 Å². The number of H-pyrrole nitrogens is 1. The van der Waals surface area contributed by atoms with E-state index in [9.17, 15) is 29.0 Å². The van der Waals surface area contributed by atoms with E-state index in [2.05, 4.69) is 37.2 Å². The highest BCUT2D eigenvalue weighted by molar-refractivity contribution is 8.10. The molecule has 1 fully saturated rings. The van der Waals surface area contributed by atoms with E-state index in [4.69, 9.17) is 19.0 Å². The smallest absolute Gasteiger partial charge is 0.390 e. The third-order valence-corrected chi connectivity index (χ3v) is 8.80. The Hall–Kier alpha value is -0.150. The van der Waals surface area contributed by atoms with Gasteiger partial charge in [0, 0.05) is 18.2 Å². The normalized spacial score (nSPS) is 26.8. The van der Waals surface area contributed by atoms with Crippen LogP contribution in [0.15, 0.2) is 15.8 Å². The van der Waals surface area contributed by atoms with Crippen LogP contribution in [0.3, 0.4) is 0 Å². The van der Waals surface area contributed by atoms with E-state index in [1.165, 1.54) is 13.1 Å². The van der Waals surface area contributed by atoms with Crippen LogP contribution in [0.1, 0.15) is 18.2 Å². The fourth-order valence-corrected chi connectivity index (χ4v) is 7.04. The number of aryl methyl sites for hydroxylation is 1. The van der Waals surface area contributed by atoms with Crippen LogP contribution in [0, 0.1) is 6.92 Å². The Bertz CT molecular complexity index is 1020. The second-order valence-corrected chi connectivity index (χ2v) is 13.0. The fourth-order valence-electron chi connectivity index (χ4n) is 2.31. The molecule has 19 heteroatoms. The summed E-state index contributed by atoms with van der Waals surface area (Å²) in [6, 6.07) is 0. The molecule has 1 saturated heterocycles. The molecule has 1 aliphatic rings. The predicted octanol–water partition coefficient (Wildman–Crippen LogP) is -0.930. The van der Waals surface area contributed by atoms with Crippen molar-refractivity contribution in [3.8, 4) is 0 Å². The number of aliphatic hydroxyl groups is 1. The Morgan fingerprint density at radius 2 is 1.90 bits per heavy atom. The first kappa shape index (κ1) is 25.1. The zero-order valence-electron chi connectivity index (χ0n) is 14.4. The zero-order chi connectivity index (χ0) is 22.2. The summed E-state index contributed by atoms with van der Waals surface area (Å²) < 4.78 is 31.0. The van der Waals surface area contributed by atoms with E-state index in [1.54, 1.807) is 0 Å². The number of aliphatic hydroxyl groups excluding tert-OH is 1. The first-order chi connectivity index (χ1) is 13.1. The maximum atomic E-state index is 11.9. The molecule has 2 heterocycles. The first-order valence-corrected chi connectivity index (χ1v) is 14.2. The molecular weight excluding hydrogens is 497 g/mol. The number of nitrogens with one attached hydrogen (secondary N) is 1. The molecule has 1 aliphatic heterocycles. The van der Waals surface area contributed by atoms with Gasteiger partial charge >= 0.3 is 26.9 Å². The molecule has 166 valence electrons. The van der Waals surface area contributed by atoms with Crippen LogP contribution in [-0.2, 0) is 46.1 Å². The molecule has 0 radical (unpaired) electrons. The van der Waals surface area contributed by atoms with Gasteiger partial charge in [-0.2, -0.15) is 0 Å². The van der Waals surface area contributed by atoms with Crippen molar-refractivity contribution in [1.82, 2.24) is 9.55 Å². The zero-order valence-corrected chi connectivity index (χ0v) is 18.7. The second kappa shape index (κ2) is 9.15. The van der Waals surface area contributed by atoms with E-state index < -0.39 is 57.6 Å². The van der Waals surface area contributed by atoms with E-state index in [0.717, 1.165) is 4.57 Å². The molecule has 0 aromatic carbocycles. The predicted molar refractivity (Wildman–Crippen MR) is 104 cm³/mol. The standard InChI is InChI=1S/C10H17N2O12P3S2/c1-5-3-12(10(15)11-9(5)14)8-2-6(13)7(22-8)4-21-27(20,29)24-25(16,17)23-26(18,19)28/h3,6-8,13H,2,4H2,1H3,(H,16,17)(H,20,29)(H,11,14,15)(H2,18,19,28)/t6-,7+,8+,27?/m0/s1. The summed E-state index contributed by atoms with van der Waals surface area (Å²) in [6.45, 7) is -8.21. The van der Waals surface area contributed by atoms with Crippen molar-refractivity contribution in [2.75, 3.05) is 6.61 Å². The van der Waals surface area contributed by atoms with E-state index in [1.807, 2.05) is 0 Å². The molecule has 0 amide bonds. The topological polar surface area (TPSA) is 210 Å². The van der Waals surface area contributed by atoms with Crippen LogP contribution in [-0.4, -0.2) is 53.0 Å². The van der Waals surface area contributed by atoms with Gasteiger partial charge in [-0.3, -0.25) is 14.3 Å². The van der Waals surface area contributed by atoms with Gasteiger partial charge in [-0.1, -0.05) is 0 Å². The third-order valence-electron chi connectivity index (χ3n) is 3.48. The number of rotatable bonds is 8. The number of ether oxygens (including phenoxy) is 1. The lowest BCUT2D eigenvalue weighted by Crippen LogP contribution is -2.33. The quantitative estimate of drug-likeness (QED) is 0.232. The van der Waals surface area contributed by atoms with Gasteiger partial charge in [-0.15, -0.1) is 0 Å². The highest BCUT2D eigenvalue weighted by Crippen LogP contribution is 2.66. The van der Waals surface area contributed by atoms with Crippen molar-refractivity contribution in [3.63, 3.8) is 0 Å². The second-order valence-electron chi connectivity index (χ2n) is 5.80. The van der Waals surface area contributed by atoms with Crippen LogP contribution in [0.25, 0.3) is 0 Å². The molecule has 29 heavy (non-hydrogen) atoms. The lowest BCUT2D eigenvalue weighted by Gasteiger charge is -2.22. The number of aromatic amines is 1. The maximum Gasteiger partial charge on any atom is 0.486 e. The van der Waals surface area contributed by atoms with Crippen molar-refractivity contribution in [1.29, 1.82) is 0 Å². The average Bonchev–Trinajstić information content (AvgIpc) is 2.86. The van der Waals surface area contributed by atoms with Crippen molar-refractivity contribution in [2.24, 2.45) is 0 Å². The number of phosphoric acid groups is 1. The van der Waals surface area contributed by atoms with Crippen molar-refractivity contribution in [2.45, 2.75) is 31.8 Å². The molecule has 0 spiro atoms. The minimum atomic E-state index is -5.26. The Morgan fingerprint density at radius 1 is 1.28 bits per heavy atom. The Kier molecular flexibility index (Phi) is 7.92. The van der Waals surface area contributed by atoms with Crippen molar-refractivity contribution in [3.05, 3.63) is 32.6 Å². The number of nitrogens with zero attached hydrogens (tertiary/aromatic N) is 1. The van der Waals surface area contributed by atoms with Gasteiger partial charge < -0.3 is 33.9 Å². The molecule has 2 rings (SSSR count). The summed E-state index contributed by atoms with van der Waals surface area (Å²) in [5.74, 6) is 0. The summed E-state index contributed by atoms with van der Waals surface area (Å²) in [7, 11) is -5.26. The molecule has 5 atom stereocenters.